The number of carbonyl (C=O) groups excluding carboxylic acids is 1. The van der Waals surface area contributed by atoms with Crippen molar-refractivity contribution in [2.24, 2.45) is 4.99 Å². The van der Waals surface area contributed by atoms with Crippen LogP contribution in [0, 0.1) is 13.0 Å². The molecule has 0 bridgehead atoms. The van der Waals surface area contributed by atoms with Gasteiger partial charge in [0.1, 0.15) is 18.2 Å². The normalized spacial score (nSPS) is 15.1. The van der Waals surface area contributed by atoms with E-state index in [4.69, 9.17) is 9.73 Å². The van der Waals surface area contributed by atoms with Gasteiger partial charge in [-0.1, -0.05) is 48.5 Å². The summed E-state index contributed by atoms with van der Waals surface area (Å²) in [7, 11) is 0. The largest absolute Gasteiger partial charge is 0.487 e. The van der Waals surface area contributed by atoms with Gasteiger partial charge < -0.3 is 9.84 Å². The summed E-state index contributed by atoms with van der Waals surface area (Å²) in [6.07, 6.45) is 1.83. The Kier molecular flexibility index (Phi) is 9.40. The lowest BCUT2D eigenvalue weighted by Gasteiger charge is -2.16. The molecule has 1 heterocycles. The number of ether oxygens (including phenoxy) is 1. The minimum absolute atomic E-state index is 0.106. The maximum atomic E-state index is 14.0. The topological polar surface area (TPSA) is 79.2 Å². The first-order valence-corrected chi connectivity index (χ1v) is 15.3. The Morgan fingerprint density at radius 1 is 0.976 bits per heavy atom. The number of benzene rings is 4. The second-order valence-corrected chi connectivity index (χ2v) is 12.3. The number of rotatable bonds is 8. The van der Waals surface area contributed by atoms with Gasteiger partial charge in [-0.25, -0.2) is 14.2 Å². The predicted octanol–water partition coefficient (Wildman–Crippen LogP) is 8.12. The molecule has 4 aromatic rings. The molecule has 41 heavy (non-hydrogen) atoms. The van der Waals surface area contributed by atoms with Gasteiger partial charge in [0.05, 0.1) is 29.8 Å². The van der Waals surface area contributed by atoms with Crippen LogP contribution in [0.4, 0.5) is 10.1 Å². The first-order chi connectivity index (χ1) is 19.8. The van der Waals surface area contributed by atoms with Crippen LogP contribution in [0.25, 0.3) is 6.08 Å². The molecule has 10 heteroatoms. The fraction of sp³-hybridized carbons (Fsp3) is 0.0645. The van der Waals surface area contributed by atoms with Gasteiger partial charge in [-0.3, -0.25) is 9.69 Å². The Hall–Kier alpha value is -3.23. The van der Waals surface area contributed by atoms with Crippen molar-refractivity contribution in [3.05, 3.63) is 131 Å². The molecule has 0 radical (unpaired) electrons. The van der Waals surface area contributed by atoms with Crippen LogP contribution in [-0.2, 0) is 17.9 Å². The molecule has 0 aliphatic carbocycles. The van der Waals surface area contributed by atoms with Crippen molar-refractivity contribution < 1.29 is 23.8 Å². The van der Waals surface area contributed by atoms with E-state index in [1.165, 1.54) is 30.0 Å². The highest BCUT2D eigenvalue weighted by Crippen LogP contribution is 2.37. The first-order valence-electron chi connectivity index (χ1n) is 12.3. The predicted molar refractivity (Wildman–Crippen MR) is 176 cm³/mol. The Labute approximate surface area is 267 Å². The summed E-state index contributed by atoms with van der Waals surface area (Å²) in [5.41, 5.74) is 2.98. The lowest BCUT2D eigenvalue weighted by Crippen LogP contribution is -2.28. The maximum Gasteiger partial charge on any atom is 0.335 e. The van der Waals surface area contributed by atoms with Crippen LogP contribution in [0.3, 0.4) is 0 Å². The van der Waals surface area contributed by atoms with E-state index in [0.717, 1.165) is 24.0 Å². The lowest BCUT2D eigenvalue weighted by molar-refractivity contribution is -0.122. The fourth-order valence-electron chi connectivity index (χ4n) is 4.00. The van der Waals surface area contributed by atoms with Crippen molar-refractivity contribution in [2.75, 3.05) is 0 Å². The number of aromatic carboxylic acids is 1. The SMILES string of the molecule is O=C(O)c1ccc(CN2C(=O)/C(=C/c3cc(I)c(OCc4ccccc4F)c(I)c3)SC2=Nc2ccccc2)cc1. The minimum Gasteiger partial charge on any atom is -0.487 e. The summed E-state index contributed by atoms with van der Waals surface area (Å²) in [5, 5.41) is 9.75. The van der Waals surface area contributed by atoms with Gasteiger partial charge in [-0.2, -0.15) is 0 Å². The summed E-state index contributed by atoms with van der Waals surface area (Å²) < 4.78 is 21.7. The summed E-state index contributed by atoms with van der Waals surface area (Å²) >= 11 is 5.64. The smallest absolute Gasteiger partial charge is 0.335 e. The van der Waals surface area contributed by atoms with E-state index in [1.54, 1.807) is 35.2 Å². The van der Waals surface area contributed by atoms with Gasteiger partial charge >= 0.3 is 5.97 Å². The van der Waals surface area contributed by atoms with Gasteiger partial charge in [-0.05, 0) is 117 Å². The highest BCUT2D eigenvalue weighted by atomic mass is 127. The molecule has 4 aromatic carbocycles. The van der Waals surface area contributed by atoms with Crippen molar-refractivity contribution in [3.63, 3.8) is 0 Å². The zero-order chi connectivity index (χ0) is 28.9. The van der Waals surface area contributed by atoms with Gasteiger partial charge in [0, 0.05) is 5.56 Å². The van der Waals surface area contributed by atoms with Crippen LogP contribution in [0.2, 0.25) is 0 Å². The third-order valence-corrected chi connectivity index (χ3v) is 8.67. The van der Waals surface area contributed by atoms with Crippen LogP contribution < -0.4 is 4.74 Å². The zero-order valence-corrected chi connectivity index (χ0v) is 26.4. The van der Waals surface area contributed by atoms with Gasteiger partial charge in [0.15, 0.2) is 5.17 Å². The van der Waals surface area contributed by atoms with Crippen molar-refractivity contribution in [3.8, 4) is 5.75 Å². The maximum absolute atomic E-state index is 14.0. The highest BCUT2D eigenvalue weighted by molar-refractivity contribution is 14.1. The third kappa shape index (κ3) is 7.16. The van der Waals surface area contributed by atoms with E-state index in [-0.39, 0.29) is 30.4 Å². The van der Waals surface area contributed by atoms with Crippen molar-refractivity contribution in [1.29, 1.82) is 0 Å². The number of aliphatic imine (C=N–C) groups is 1. The molecule has 6 nitrogen and oxygen atoms in total. The molecule has 1 fully saturated rings. The second kappa shape index (κ2) is 13.2. The number of nitrogens with zero attached hydrogens (tertiary/aromatic N) is 2. The molecule has 206 valence electrons. The van der Waals surface area contributed by atoms with Gasteiger partial charge in [0.2, 0.25) is 0 Å². The molecule has 0 atom stereocenters. The third-order valence-electron chi connectivity index (χ3n) is 6.06. The van der Waals surface area contributed by atoms with Crippen molar-refractivity contribution >= 4 is 85.8 Å². The van der Waals surface area contributed by atoms with Crippen LogP contribution in [-0.4, -0.2) is 27.1 Å². The summed E-state index contributed by atoms with van der Waals surface area (Å²) in [6, 6.07) is 26.2. The number of thioether (sulfide) groups is 1. The lowest BCUT2D eigenvalue weighted by atomic mass is 10.1. The number of halogens is 3. The van der Waals surface area contributed by atoms with E-state index in [1.807, 2.05) is 48.5 Å². The Balaban J connectivity index is 1.41. The van der Waals surface area contributed by atoms with E-state index in [2.05, 4.69) is 45.2 Å². The number of carboxylic acids is 1. The standard InChI is InChI=1S/C31H21FI2N2O4S/c32-24-9-5-4-6-22(24)18-40-28-25(33)14-20(15-26(28)34)16-27-29(37)36(17-19-10-12-21(13-11-19)30(38)39)31(41-27)35-23-7-2-1-3-8-23/h1-16H,17-18H2,(H,38,39)/b27-16-,35-31?. The number of hydrogen-bond donors (Lipinski definition) is 1. The van der Waals surface area contributed by atoms with Crippen molar-refractivity contribution in [1.82, 2.24) is 4.90 Å². The summed E-state index contributed by atoms with van der Waals surface area (Å²) in [4.78, 5) is 31.7. The van der Waals surface area contributed by atoms with Gasteiger partial charge in [0.25, 0.3) is 5.91 Å². The molecule has 0 spiro atoms. The Bertz CT molecular complexity index is 1650. The Morgan fingerprint density at radius 3 is 2.29 bits per heavy atom. The van der Waals surface area contributed by atoms with E-state index < -0.39 is 5.97 Å². The second-order valence-electron chi connectivity index (χ2n) is 8.93. The molecular formula is C31H21FI2N2O4S. The molecular weight excluding hydrogens is 769 g/mol. The van der Waals surface area contributed by atoms with E-state index in [0.29, 0.717) is 21.4 Å². The molecule has 1 amide bonds. The number of carboxylic acid groups (broad SMARTS) is 1. The first kappa shape index (κ1) is 29.3. The average Bonchev–Trinajstić information content (AvgIpc) is 3.23. The summed E-state index contributed by atoms with van der Waals surface area (Å²) in [6.45, 7) is 0.349. The zero-order valence-electron chi connectivity index (χ0n) is 21.3. The molecule has 5 rings (SSSR count). The minimum atomic E-state index is -1.01. The van der Waals surface area contributed by atoms with Crippen LogP contribution >= 0.6 is 56.9 Å². The van der Waals surface area contributed by atoms with Gasteiger partial charge in [-0.15, -0.1) is 0 Å². The highest BCUT2D eigenvalue weighted by Gasteiger charge is 2.33. The molecule has 1 aliphatic heterocycles. The van der Waals surface area contributed by atoms with Crippen molar-refractivity contribution in [2.45, 2.75) is 13.2 Å². The summed E-state index contributed by atoms with van der Waals surface area (Å²) in [5.74, 6) is -0.864. The Morgan fingerprint density at radius 2 is 1.63 bits per heavy atom. The number of hydrogen-bond acceptors (Lipinski definition) is 5. The monoisotopic (exact) mass is 790 g/mol. The fourth-order valence-corrected chi connectivity index (χ4v) is 7.12. The van der Waals surface area contributed by atoms with E-state index >= 15 is 0 Å². The quantitative estimate of drug-likeness (QED) is 0.144. The molecule has 1 saturated heterocycles. The van der Waals surface area contributed by atoms with E-state index in [9.17, 15) is 19.1 Å². The number of amidine groups is 1. The molecule has 0 saturated carbocycles. The van der Waals surface area contributed by atoms with Crippen LogP contribution in [0.1, 0.15) is 27.0 Å². The molecule has 1 N–H and O–H groups in total. The molecule has 0 aromatic heterocycles. The number of para-hydroxylation sites is 1. The molecule has 0 unspecified atom stereocenters. The molecule has 1 aliphatic rings. The number of carbonyl (C=O) groups is 2. The van der Waals surface area contributed by atoms with Crippen LogP contribution in [0.5, 0.6) is 5.75 Å². The number of amides is 1. The van der Waals surface area contributed by atoms with Crippen LogP contribution in [0.15, 0.2) is 101 Å². The average molecular weight is 790 g/mol.